The Morgan fingerprint density at radius 2 is 2.00 bits per heavy atom. The number of benzene rings is 1. The highest BCUT2D eigenvalue weighted by molar-refractivity contribution is 5.49. The van der Waals surface area contributed by atoms with Gasteiger partial charge in [0.15, 0.2) is 0 Å². The largest absolute Gasteiger partial charge is 0.497 e. The van der Waals surface area contributed by atoms with Crippen molar-refractivity contribution in [1.82, 2.24) is 0 Å². The summed E-state index contributed by atoms with van der Waals surface area (Å²) in [4.78, 5) is 2.04. The van der Waals surface area contributed by atoms with Crippen LogP contribution in [0, 0.1) is 0 Å². The van der Waals surface area contributed by atoms with Crippen LogP contribution in [0.4, 0.5) is 5.69 Å². The number of methoxy groups -OCH3 is 1. The van der Waals surface area contributed by atoms with Crippen molar-refractivity contribution in [2.75, 3.05) is 26.1 Å². The third kappa shape index (κ3) is 1.87. The summed E-state index contributed by atoms with van der Waals surface area (Å²) in [5, 5.41) is 0. The van der Waals surface area contributed by atoms with E-state index in [0.717, 1.165) is 11.4 Å². The predicted octanol–water partition coefficient (Wildman–Crippen LogP) is 1.76. The van der Waals surface area contributed by atoms with Crippen molar-refractivity contribution < 1.29 is 4.74 Å². The minimum atomic E-state index is 0.899. The summed E-state index contributed by atoms with van der Waals surface area (Å²) in [7, 11) is 5.69. The molecule has 0 spiro atoms. The van der Waals surface area contributed by atoms with Gasteiger partial charge in [-0.15, -0.1) is 0 Å². The lowest BCUT2D eigenvalue weighted by atomic mass is 10.3. The van der Waals surface area contributed by atoms with Crippen LogP contribution in [0.2, 0.25) is 0 Å². The first kappa shape index (κ1) is 7.92. The Hall–Kier alpha value is -1.18. The van der Waals surface area contributed by atoms with Crippen molar-refractivity contribution >= 4 is 5.69 Å². The van der Waals surface area contributed by atoms with E-state index in [9.17, 15) is 0 Å². The minimum absolute atomic E-state index is 0.899. The van der Waals surface area contributed by atoms with E-state index in [0.29, 0.717) is 0 Å². The second-order valence-corrected chi connectivity index (χ2v) is 2.60. The molecular formula is C9H13NO. The molecule has 0 aliphatic carbocycles. The molecule has 0 aromatic heterocycles. The molecule has 0 bridgehead atoms. The number of anilines is 1. The highest BCUT2D eigenvalue weighted by Crippen LogP contribution is 2.18. The van der Waals surface area contributed by atoms with Gasteiger partial charge in [0.25, 0.3) is 0 Å². The smallest absolute Gasteiger partial charge is 0.120 e. The SMILES string of the molecule is COc1cccc(N(C)C)c1. The molecule has 0 aliphatic heterocycles. The standard InChI is InChI=1S/C9H13NO/c1-10(2)8-5-4-6-9(7-8)11-3/h4-7H,1-3H3. The predicted molar refractivity (Wildman–Crippen MR) is 47.3 cm³/mol. The fourth-order valence-electron chi connectivity index (χ4n) is 0.889. The van der Waals surface area contributed by atoms with Crippen molar-refractivity contribution in [1.29, 1.82) is 0 Å². The van der Waals surface area contributed by atoms with Crippen LogP contribution < -0.4 is 9.64 Å². The first-order valence-corrected chi connectivity index (χ1v) is 3.55. The van der Waals surface area contributed by atoms with Gasteiger partial charge >= 0.3 is 0 Å². The van der Waals surface area contributed by atoms with Gasteiger partial charge < -0.3 is 9.64 Å². The molecule has 0 unspecified atom stereocenters. The molecule has 60 valence electrons. The van der Waals surface area contributed by atoms with Gasteiger partial charge in [0.2, 0.25) is 0 Å². The molecule has 11 heavy (non-hydrogen) atoms. The maximum absolute atomic E-state index is 5.08. The molecule has 0 radical (unpaired) electrons. The van der Waals surface area contributed by atoms with Crippen LogP contribution in [-0.2, 0) is 0 Å². The number of ether oxygens (including phenoxy) is 1. The molecular weight excluding hydrogens is 138 g/mol. The monoisotopic (exact) mass is 151 g/mol. The first-order chi connectivity index (χ1) is 5.24. The third-order valence-electron chi connectivity index (χ3n) is 1.57. The molecule has 0 amide bonds. The van der Waals surface area contributed by atoms with Crippen molar-refractivity contribution in [3.8, 4) is 5.75 Å². The average molecular weight is 151 g/mol. The lowest BCUT2D eigenvalue weighted by molar-refractivity contribution is 0.415. The summed E-state index contributed by atoms with van der Waals surface area (Å²) in [5.41, 5.74) is 1.16. The van der Waals surface area contributed by atoms with Gasteiger partial charge in [0.1, 0.15) is 5.75 Å². The number of hydrogen-bond acceptors (Lipinski definition) is 2. The summed E-state index contributed by atoms with van der Waals surface area (Å²) in [5.74, 6) is 0.899. The van der Waals surface area contributed by atoms with Crippen LogP contribution >= 0.6 is 0 Å². The highest BCUT2D eigenvalue weighted by atomic mass is 16.5. The molecule has 0 heterocycles. The van der Waals surface area contributed by atoms with Gasteiger partial charge in [-0.1, -0.05) is 6.07 Å². The highest BCUT2D eigenvalue weighted by Gasteiger charge is 1.95. The van der Waals surface area contributed by atoms with Gasteiger partial charge in [0, 0.05) is 25.8 Å². The molecule has 0 N–H and O–H groups in total. The molecule has 0 fully saturated rings. The van der Waals surface area contributed by atoms with E-state index in [4.69, 9.17) is 4.74 Å². The minimum Gasteiger partial charge on any atom is -0.497 e. The van der Waals surface area contributed by atoms with Gasteiger partial charge in [-0.25, -0.2) is 0 Å². The van der Waals surface area contributed by atoms with Crippen molar-refractivity contribution in [3.63, 3.8) is 0 Å². The number of rotatable bonds is 2. The van der Waals surface area contributed by atoms with Crippen molar-refractivity contribution in [2.45, 2.75) is 0 Å². The molecule has 2 heteroatoms. The van der Waals surface area contributed by atoms with Crippen LogP contribution in [-0.4, -0.2) is 21.2 Å². The van der Waals surface area contributed by atoms with E-state index in [1.807, 2.05) is 43.3 Å². The average Bonchev–Trinajstić information content (AvgIpc) is 2.05. The molecule has 1 aromatic carbocycles. The molecule has 0 saturated carbocycles. The molecule has 2 nitrogen and oxygen atoms in total. The summed E-state index contributed by atoms with van der Waals surface area (Å²) >= 11 is 0. The lowest BCUT2D eigenvalue weighted by Crippen LogP contribution is -2.08. The quantitative estimate of drug-likeness (QED) is 0.638. The van der Waals surface area contributed by atoms with Crippen LogP contribution in [0.15, 0.2) is 24.3 Å². The van der Waals surface area contributed by atoms with E-state index >= 15 is 0 Å². The van der Waals surface area contributed by atoms with Crippen molar-refractivity contribution in [2.24, 2.45) is 0 Å². The Morgan fingerprint density at radius 1 is 1.27 bits per heavy atom. The van der Waals surface area contributed by atoms with Gasteiger partial charge in [0.05, 0.1) is 7.11 Å². The van der Waals surface area contributed by atoms with E-state index < -0.39 is 0 Å². The van der Waals surface area contributed by atoms with Crippen LogP contribution in [0.3, 0.4) is 0 Å². The van der Waals surface area contributed by atoms with Crippen LogP contribution in [0.5, 0.6) is 5.75 Å². The zero-order valence-electron chi connectivity index (χ0n) is 7.16. The summed E-state index contributed by atoms with van der Waals surface area (Å²) in [6.07, 6.45) is 0. The Balaban J connectivity index is 2.91. The third-order valence-corrected chi connectivity index (χ3v) is 1.57. The Labute approximate surface area is 67.4 Å². The van der Waals surface area contributed by atoms with Crippen molar-refractivity contribution in [3.05, 3.63) is 24.3 Å². The second-order valence-electron chi connectivity index (χ2n) is 2.60. The zero-order chi connectivity index (χ0) is 8.27. The first-order valence-electron chi connectivity index (χ1n) is 3.55. The van der Waals surface area contributed by atoms with E-state index in [1.54, 1.807) is 7.11 Å². The van der Waals surface area contributed by atoms with Crippen LogP contribution in [0.25, 0.3) is 0 Å². The second kappa shape index (κ2) is 3.28. The van der Waals surface area contributed by atoms with Gasteiger partial charge in [-0.2, -0.15) is 0 Å². The van der Waals surface area contributed by atoms with E-state index in [-0.39, 0.29) is 0 Å². The van der Waals surface area contributed by atoms with Gasteiger partial charge in [-0.3, -0.25) is 0 Å². The lowest BCUT2D eigenvalue weighted by Gasteiger charge is -2.12. The van der Waals surface area contributed by atoms with E-state index in [2.05, 4.69) is 0 Å². The maximum atomic E-state index is 5.08. The Kier molecular flexibility index (Phi) is 2.36. The number of nitrogens with zero attached hydrogens (tertiary/aromatic N) is 1. The normalized spacial score (nSPS) is 9.36. The molecule has 1 aromatic rings. The van der Waals surface area contributed by atoms with Crippen LogP contribution in [0.1, 0.15) is 0 Å². The van der Waals surface area contributed by atoms with Gasteiger partial charge in [-0.05, 0) is 12.1 Å². The summed E-state index contributed by atoms with van der Waals surface area (Å²) < 4.78 is 5.08. The fourth-order valence-corrected chi connectivity index (χ4v) is 0.889. The van der Waals surface area contributed by atoms with E-state index in [1.165, 1.54) is 0 Å². The topological polar surface area (TPSA) is 12.5 Å². The summed E-state index contributed by atoms with van der Waals surface area (Å²) in [6.45, 7) is 0. The molecule has 1 rings (SSSR count). The summed E-state index contributed by atoms with van der Waals surface area (Å²) in [6, 6.07) is 7.96. The number of hydrogen-bond donors (Lipinski definition) is 0. The molecule has 0 saturated heterocycles. The zero-order valence-corrected chi connectivity index (χ0v) is 7.16. The Bertz CT molecular complexity index is 233. The Morgan fingerprint density at radius 3 is 2.55 bits per heavy atom. The maximum Gasteiger partial charge on any atom is 0.120 e. The fraction of sp³-hybridized carbons (Fsp3) is 0.333. The molecule has 0 atom stereocenters. The molecule has 0 aliphatic rings.